The minimum atomic E-state index is -0.270. The Balaban J connectivity index is 1.82. The summed E-state index contributed by atoms with van der Waals surface area (Å²) in [6.07, 6.45) is 0. The first-order valence-corrected chi connectivity index (χ1v) is 8.74. The van der Waals surface area contributed by atoms with E-state index >= 15 is 0 Å². The summed E-state index contributed by atoms with van der Waals surface area (Å²) >= 11 is 1.44. The molecular weight excluding hydrogens is 327 g/mol. The van der Waals surface area contributed by atoms with E-state index in [1.807, 2.05) is 6.92 Å². The van der Waals surface area contributed by atoms with Gasteiger partial charge < -0.3 is 10.6 Å². The van der Waals surface area contributed by atoms with E-state index in [9.17, 15) is 14.0 Å². The molecule has 0 fully saturated rings. The number of nitrogens with one attached hydrogen (secondary N) is 2. The fourth-order valence-corrected chi connectivity index (χ4v) is 2.83. The zero-order valence-electron chi connectivity index (χ0n) is 13.3. The Morgan fingerprint density at radius 2 is 1.88 bits per heavy atom. The number of carbonyl (C=O) groups is 2. The van der Waals surface area contributed by atoms with Gasteiger partial charge in [0.25, 0.3) is 5.91 Å². The van der Waals surface area contributed by atoms with Crippen LogP contribution >= 0.6 is 11.8 Å². The Labute approximate surface area is 144 Å². The lowest BCUT2D eigenvalue weighted by Gasteiger charge is -2.08. The third-order valence-corrected chi connectivity index (χ3v) is 4.16. The second-order valence-corrected chi connectivity index (χ2v) is 6.09. The zero-order valence-corrected chi connectivity index (χ0v) is 14.2. The molecule has 0 aliphatic heterocycles. The molecule has 2 amide bonds. The molecule has 4 nitrogen and oxygen atoms in total. The topological polar surface area (TPSA) is 58.2 Å². The molecule has 0 saturated heterocycles. The van der Waals surface area contributed by atoms with Crippen LogP contribution in [0, 0.1) is 5.82 Å². The van der Waals surface area contributed by atoms with Crippen LogP contribution in [0.3, 0.4) is 0 Å². The predicted molar refractivity (Wildman–Crippen MR) is 95.6 cm³/mol. The van der Waals surface area contributed by atoms with Crippen LogP contribution < -0.4 is 10.6 Å². The van der Waals surface area contributed by atoms with Crippen LogP contribution in [0.4, 0.5) is 10.1 Å². The molecule has 0 atom stereocenters. The Kier molecular flexibility index (Phi) is 6.81. The lowest BCUT2D eigenvalue weighted by Crippen LogP contribution is -2.23. The van der Waals surface area contributed by atoms with Gasteiger partial charge in [-0.1, -0.05) is 18.2 Å². The van der Waals surface area contributed by atoms with Crippen molar-refractivity contribution < 1.29 is 14.0 Å². The van der Waals surface area contributed by atoms with Crippen molar-refractivity contribution in [1.29, 1.82) is 0 Å². The van der Waals surface area contributed by atoms with E-state index in [4.69, 9.17) is 0 Å². The van der Waals surface area contributed by atoms with Crippen LogP contribution in [0.15, 0.2) is 48.5 Å². The highest BCUT2D eigenvalue weighted by Crippen LogP contribution is 2.15. The monoisotopic (exact) mass is 346 g/mol. The maximum atomic E-state index is 12.8. The summed E-state index contributed by atoms with van der Waals surface area (Å²) in [7, 11) is 0. The average Bonchev–Trinajstić information content (AvgIpc) is 2.57. The summed E-state index contributed by atoms with van der Waals surface area (Å²) in [6, 6.07) is 13.0. The second kappa shape index (κ2) is 9.08. The molecule has 0 saturated carbocycles. The van der Waals surface area contributed by atoms with Gasteiger partial charge in [0.05, 0.1) is 5.75 Å². The highest BCUT2D eigenvalue weighted by atomic mass is 32.2. The van der Waals surface area contributed by atoms with E-state index in [2.05, 4.69) is 10.6 Å². The summed E-state index contributed by atoms with van der Waals surface area (Å²) in [5, 5.41) is 5.49. The molecule has 0 radical (unpaired) electrons. The average molecular weight is 346 g/mol. The second-order valence-electron chi connectivity index (χ2n) is 5.11. The normalized spacial score (nSPS) is 10.2. The first-order valence-electron chi connectivity index (χ1n) is 7.59. The minimum Gasteiger partial charge on any atom is -0.352 e. The van der Waals surface area contributed by atoms with Gasteiger partial charge in [0.2, 0.25) is 5.91 Å². The third-order valence-electron chi connectivity index (χ3n) is 3.16. The van der Waals surface area contributed by atoms with E-state index in [1.54, 1.807) is 36.4 Å². The van der Waals surface area contributed by atoms with Gasteiger partial charge in [-0.15, -0.1) is 11.8 Å². The lowest BCUT2D eigenvalue weighted by molar-refractivity contribution is -0.113. The standard InChI is InChI=1S/C18H19FN2O2S/c1-2-20-18(23)14-4-3-5-16(10-14)21-17(22)12-24-11-13-6-8-15(19)9-7-13/h3-10H,2,11-12H2,1H3,(H,20,23)(H,21,22). The smallest absolute Gasteiger partial charge is 0.251 e. The number of amides is 2. The van der Waals surface area contributed by atoms with Gasteiger partial charge in [-0.05, 0) is 42.8 Å². The molecule has 0 aliphatic carbocycles. The first-order chi connectivity index (χ1) is 11.6. The van der Waals surface area contributed by atoms with Crippen molar-refractivity contribution in [3.8, 4) is 0 Å². The van der Waals surface area contributed by atoms with Crippen LogP contribution in [0.1, 0.15) is 22.8 Å². The maximum Gasteiger partial charge on any atom is 0.251 e. The van der Waals surface area contributed by atoms with Crippen molar-refractivity contribution in [1.82, 2.24) is 5.32 Å². The molecule has 0 aromatic heterocycles. The Morgan fingerprint density at radius 1 is 1.12 bits per heavy atom. The molecule has 24 heavy (non-hydrogen) atoms. The summed E-state index contributed by atoms with van der Waals surface area (Å²) < 4.78 is 12.8. The zero-order chi connectivity index (χ0) is 17.4. The molecule has 0 spiro atoms. The number of rotatable bonds is 7. The Bertz CT molecular complexity index is 704. The van der Waals surface area contributed by atoms with E-state index in [0.29, 0.717) is 23.5 Å². The van der Waals surface area contributed by atoms with Crippen LogP contribution in [-0.4, -0.2) is 24.1 Å². The molecule has 2 rings (SSSR count). The van der Waals surface area contributed by atoms with Gasteiger partial charge in [0.1, 0.15) is 5.82 Å². The highest BCUT2D eigenvalue weighted by Gasteiger charge is 2.07. The molecule has 0 aliphatic rings. The van der Waals surface area contributed by atoms with E-state index in [0.717, 1.165) is 5.56 Å². The third kappa shape index (κ3) is 5.70. The van der Waals surface area contributed by atoms with Gasteiger partial charge in [-0.25, -0.2) is 4.39 Å². The van der Waals surface area contributed by atoms with Gasteiger partial charge in [0.15, 0.2) is 0 Å². The molecule has 126 valence electrons. The molecular formula is C18H19FN2O2S. The quantitative estimate of drug-likeness (QED) is 0.807. The van der Waals surface area contributed by atoms with Gasteiger partial charge >= 0.3 is 0 Å². The molecule has 2 aromatic rings. The number of hydrogen-bond donors (Lipinski definition) is 2. The van der Waals surface area contributed by atoms with Crippen molar-refractivity contribution in [2.75, 3.05) is 17.6 Å². The predicted octanol–water partition coefficient (Wildman–Crippen LogP) is 3.45. The van der Waals surface area contributed by atoms with Crippen LogP contribution in [-0.2, 0) is 10.5 Å². The summed E-state index contributed by atoms with van der Waals surface area (Å²) in [6.45, 7) is 2.40. The van der Waals surface area contributed by atoms with Crippen LogP contribution in [0.5, 0.6) is 0 Å². The summed E-state index contributed by atoms with van der Waals surface area (Å²) in [5.74, 6) is 0.331. The van der Waals surface area contributed by atoms with Crippen molar-refractivity contribution in [2.24, 2.45) is 0 Å². The van der Waals surface area contributed by atoms with Gasteiger partial charge in [-0.2, -0.15) is 0 Å². The number of benzene rings is 2. The SMILES string of the molecule is CCNC(=O)c1cccc(NC(=O)CSCc2ccc(F)cc2)c1. The number of thioether (sulfide) groups is 1. The Hall–Kier alpha value is -2.34. The van der Waals surface area contributed by atoms with Crippen LogP contribution in [0.2, 0.25) is 0 Å². The van der Waals surface area contributed by atoms with Gasteiger partial charge in [-0.3, -0.25) is 9.59 Å². The minimum absolute atomic E-state index is 0.143. The molecule has 0 bridgehead atoms. The van der Waals surface area contributed by atoms with Crippen LogP contribution in [0.25, 0.3) is 0 Å². The first kappa shape index (κ1) is 18.0. The molecule has 0 unspecified atom stereocenters. The van der Waals surface area contributed by atoms with Crippen molar-refractivity contribution >= 4 is 29.3 Å². The van der Waals surface area contributed by atoms with Crippen molar-refractivity contribution in [2.45, 2.75) is 12.7 Å². The fourth-order valence-electron chi connectivity index (χ4n) is 2.04. The maximum absolute atomic E-state index is 12.8. The van der Waals surface area contributed by atoms with E-state index in [-0.39, 0.29) is 23.4 Å². The van der Waals surface area contributed by atoms with Crippen molar-refractivity contribution in [3.05, 3.63) is 65.5 Å². The number of hydrogen-bond acceptors (Lipinski definition) is 3. The molecule has 6 heteroatoms. The Morgan fingerprint density at radius 3 is 2.58 bits per heavy atom. The summed E-state index contributed by atoms with van der Waals surface area (Å²) in [4.78, 5) is 23.8. The largest absolute Gasteiger partial charge is 0.352 e. The number of anilines is 1. The molecule has 2 aromatic carbocycles. The highest BCUT2D eigenvalue weighted by molar-refractivity contribution is 7.99. The molecule has 0 heterocycles. The number of halogens is 1. The molecule has 2 N–H and O–H groups in total. The van der Waals surface area contributed by atoms with Gasteiger partial charge in [0, 0.05) is 23.5 Å². The summed E-state index contributed by atoms with van der Waals surface area (Å²) in [5.41, 5.74) is 2.06. The number of carbonyl (C=O) groups excluding carboxylic acids is 2. The fraction of sp³-hybridized carbons (Fsp3) is 0.222. The van der Waals surface area contributed by atoms with E-state index in [1.165, 1.54) is 23.9 Å². The van der Waals surface area contributed by atoms with E-state index < -0.39 is 0 Å². The van der Waals surface area contributed by atoms with Crippen molar-refractivity contribution in [3.63, 3.8) is 0 Å². The lowest BCUT2D eigenvalue weighted by atomic mass is 10.2.